The van der Waals surface area contributed by atoms with Gasteiger partial charge in [-0.1, -0.05) is 12.8 Å². The first kappa shape index (κ1) is 9.83. The third kappa shape index (κ3) is 5.28. The average Bonchev–Trinajstić information content (AvgIpc) is 1.97. The van der Waals surface area contributed by atoms with Gasteiger partial charge in [0.15, 0.2) is 0 Å². The summed E-state index contributed by atoms with van der Waals surface area (Å²) < 4.78 is 4.74. The van der Waals surface area contributed by atoms with Gasteiger partial charge in [0, 0.05) is 6.42 Å². The van der Waals surface area contributed by atoms with Crippen molar-refractivity contribution >= 4 is 6.09 Å². The summed E-state index contributed by atoms with van der Waals surface area (Å²) in [7, 11) is 0. The predicted octanol–water partition coefficient (Wildman–Crippen LogP) is 1.27. The van der Waals surface area contributed by atoms with Gasteiger partial charge in [-0.3, -0.25) is 0 Å². The van der Waals surface area contributed by atoms with Crippen LogP contribution in [0.15, 0.2) is 0 Å². The van der Waals surface area contributed by atoms with E-state index in [0.717, 1.165) is 6.42 Å². The number of hydrogen-bond acceptors (Lipinski definition) is 2. The molecule has 1 amide bonds. The van der Waals surface area contributed by atoms with Gasteiger partial charge in [0.2, 0.25) is 0 Å². The largest absolute Gasteiger partial charge is 0.445 e. The number of carbonyl (C=O) groups is 1. The molecule has 0 spiro atoms. The normalized spacial score (nSPS) is 11.1. The maximum Gasteiger partial charge on any atom is 0.404 e. The van der Waals surface area contributed by atoms with Crippen LogP contribution < -0.4 is 5.73 Å². The van der Waals surface area contributed by atoms with Crippen LogP contribution >= 0.6 is 0 Å². The second-order valence-electron chi connectivity index (χ2n) is 2.10. The topological polar surface area (TPSA) is 52.3 Å². The lowest BCUT2D eigenvalue weighted by atomic mass is 10.2. The molecule has 11 heavy (non-hydrogen) atoms. The average molecular weight is 155 g/mol. The van der Waals surface area contributed by atoms with E-state index in [9.17, 15) is 4.79 Å². The van der Waals surface area contributed by atoms with Crippen LogP contribution in [-0.4, -0.2) is 12.2 Å². The number of ether oxygens (including phenoxy) is 1. The lowest BCUT2D eigenvalue weighted by Gasteiger charge is -2.10. The van der Waals surface area contributed by atoms with Gasteiger partial charge in [0.25, 0.3) is 0 Å². The van der Waals surface area contributed by atoms with Gasteiger partial charge in [-0.25, -0.2) is 4.79 Å². The van der Waals surface area contributed by atoms with Gasteiger partial charge in [0.1, 0.15) is 6.10 Å². The molecule has 1 unspecified atom stereocenters. The van der Waals surface area contributed by atoms with E-state index in [-0.39, 0.29) is 6.10 Å². The molecule has 0 heterocycles. The quantitative estimate of drug-likeness (QED) is 0.624. The summed E-state index contributed by atoms with van der Waals surface area (Å²) in [5.74, 6) is 5.55. The standard InChI is InChI=1S/C8H13NO2/c1-3-5-6-7(4-2)11-8(9)10/h7H,4,6H2,1-2H3,(H2,9,10). The van der Waals surface area contributed by atoms with Crippen LogP contribution in [0.25, 0.3) is 0 Å². The Hall–Kier alpha value is -1.17. The molecule has 0 aliphatic carbocycles. The van der Waals surface area contributed by atoms with Crippen LogP contribution in [0.1, 0.15) is 26.7 Å². The number of primary amides is 1. The third-order valence-corrected chi connectivity index (χ3v) is 1.24. The Balaban J connectivity index is 3.72. The van der Waals surface area contributed by atoms with Crippen LogP contribution in [0.4, 0.5) is 4.79 Å². The fourth-order valence-electron chi connectivity index (χ4n) is 0.650. The van der Waals surface area contributed by atoms with E-state index in [1.807, 2.05) is 6.92 Å². The zero-order valence-electron chi connectivity index (χ0n) is 6.89. The summed E-state index contributed by atoms with van der Waals surface area (Å²) in [6.45, 7) is 3.67. The van der Waals surface area contributed by atoms with Gasteiger partial charge in [-0.15, -0.1) is 5.92 Å². The molecule has 0 bridgehead atoms. The van der Waals surface area contributed by atoms with Crippen molar-refractivity contribution < 1.29 is 9.53 Å². The Kier molecular flexibility index (Phi) is 5.01. The van der Waals surface area contributed by atoms with Gasteiger partial charge in [0.05, 0.1) is 0 Å². The minimum Gasteiger partial charge on any atom is -0.445 e. The summed E-state index contributed by atoms with van der Waals surface area (Å²) in [5.41, 5.74) is 4.83. The highest BCUT2D eigenvalue weighted by Crippen LogP contribution is 2.01. The Morgan fingerprint density at radius 1 is 1.73 bits per heavy atom. The highest BCUT2D eigenvalue weighted by Gasteiger charge is 2.06. The van der Waals surface area contributed by atoms with Crippen molar-refractivity contribution in [3.05, 3.63) is 0 Å². The minimum atomic E-state index is -0.727. The molecule has 0 aromatic carbocycles. The van der Waals surface area contributed by atoms with E-state index in [0.29, 0.717) is 6.42 Å². The first-order chi connectivity index (χ1) is 5.20. The van der Waals surface area contributed by atoms with Crippen LogP contribution in [-0.2, 0) is 4.74 Å². The van der Waals surface area contributed by atoms with Gasteiger partial charge in [-0.05, 0) is 13.3 Å². The van der Waals surface area contributed by atoms with Gasteiger partial charge >= 0.3 is 6.09 Å². The van der Waals surface area contributed by atoms with E-state index in [4.69, 9.17) is 10.5 Å². The first-order valence-corrected chi connectivity index (χ1v) is 3.56. The molecule has 3 heteroatoms. The molecule has 0 fully saturated rings. The van der Waals surface area contributed by atoms with Crippen molar-refractivity contribution in [1.82, 2.24) is 0 Å². The molecule has 0 saturated heterocycles. The highest BCUT2D eigenvalue weighted by atomic mass is 16.6. The molecule has 0 radical (unpaired) electrons. The zero-order chi connectivity index (χ0) is 8.69. The fraction of sp³-hybridized carbons (Fsp3) is 0.625. The first-order valence-electron chi connectivity index (χ1n) is 3.56. The summed E-state index contributed by atoms with van der Waals surface area (Å²) in [6, 6.07) is 0. The summed E-state index contributed by atoms with van der Waals surface area (Å²) in [5, 5.41) is 0. The molecule has 2 N–H and O–H groups in total. The molecule has 62 valence electrons. The van der Waals surface area contributed by atoms with E-state index in [1.165, 1.54) is 0 Å². The van der Waals surface area contributed by atoms with E-state index in [2.05, 4.69) is 11.8 Å². The fourth-order valence-corrected chi connectivity index (χ4v) is 0.650. The van der Waals surface area contributed by atoms with Crippen molar-refractivity contribution in [3.8, 4) is 11.8 Å². The van der Waals surface area contributed by atoms with Crippen molar-refractivity contribution in [2.75, 3.05) is 0 Å². The van der Waals surface area contributed by atoms with Crippen LogP contribution in [0.3, 0.4) is 0 Å². The summed E-state index contributed by atoms with van der Waals surface area (Å²) in [4.78, 5) is 10.3. The number of nitrogens with two attached hydrogens (primary N) is 1. The lowest BCUT2D eigenvalue weighted by Crippen LogP contribution is -2.21. The summed E-state index contributed by atoms with van der Waals surface area (Å²) >= 11 is 0. The van der Waals surface area contributed by atoms with Crippen molar-refractivity contribution in [1.29, 1.82) is 0 Å². The third-order valence-electron chi connectivity index (χ3n) is 1.24. The number of amides is 1. The minimum absolute atomic E-state index is 0.153. The molecule has 0 saturated carbocycles. The van der Waals surface area contributed by atoms with Crippen LogP contribution in [0.5, 0.6) is 0 Å². The lowest BCUT2D eigenvalue weighted by molar-refractivity contribution is 0.107. The van der Waals surface area contributed by atoms with Gasteiger partial charge < -0.3 is 10.5 Å². The maximum absolute atomic E-state index is 10.3. The molecule has 0 rings (SSSR count). The Labute approximate surface area is 66.9 Å². The van der Waals surface area contributed by atoms with E-state index in [1.54, 1.807) is 6.92 Å². The molecule has 0 aromatic heterocycles. The maximum atomic E-state index is 10.3. The van der Waals surface area contributed by atoms with Crippen molar-refractivity contribution in [3.63, 3.8) is 0 Å². The SMILES string of the molecule is CC#CCC(CC)OC(N)=O. The molecule has 0 aliphatic rings. The second-order valence-corrected chi connectivity index (χ2v) is 2.10. The zero-order valence-corrected chi connectivity index (χ0v) is 6.89. The summed E-state index contributed by atoms with van der Waals surface area (Å²) in [6.07, 6.45) is 0.433. The van der Waals surface area contributed by atoms with E-state index < -0.39 is 6.09 Å². The molecule has 0 aliphatic heterocycles. The molecular weight excluding hydrogens is 142 g/mol. The Morgan fingerprint density at radius 2 is 2.36 bits per heavy atom. The van der Waals surface area contributed by atoms with E-state index >= 15 is 0 Å². The molecule has 0 aromatic rings. The van der Waals surface area contributed by atoms with Gasteiger partial charge in [-0.2, -0.15) is 0 Å². The monoisotopic (exact) mass is 155 g/mol. The smallest absolute Gasteiger partial charge is 0.404 e. The molecular formula is C8H13NO2. The van der Waals surface area contributed by atoms with Crippen LogP contribution in [0.2, 0.25) is 0 Å². The molecule has 3 nitrogen and oxygen atoms in total. The second kappa shape index (κ2) is 5.60. The van der Waals surface area contributed by atoms with Crippen molar-refractivity contribution in [2.45, 2.75) is 32.8 Å². The Morgan fingerprint density at radius 3 is 2.73 bits per heavy atom. The number of rotatable bonds is 3. The van der Waals surface area contributed by atoms with Crippen molar-refractivity contribution in [2.24, 2.45) is 5.73 Å². The Bertz CT molecular complexity index is 178. The van der Waals surface area contributed by atoms with Crippen LogP contribution in [0, 0.1) is 11.8 Å². The molecule has 1 atom stereocenters. The number of carbonyl (C=O) groups excluding carboxylic acids is 1. The number of hydrogen-bond donors (Lipinski definition) is 1. The predicted molar refractivity (Wildman–Crippen MR) is 42.8 cm³/mol. The highest BCUT2D eigenvalue weighted by molar-refractivity contribution is 5.64.